The molecule has 7 nitrogen and oxygen atoms in total. The van der Waals surface area contributed by atoms with Crippen LogP contribution in [0.5, 0.6) is 0 Å². The average molecular weight is 469 g/mol. The zero-order valence-electron chi connectivity index (χ0n) is 16.6. The molecule has 3 aromatic rings. The van der Waals surface area contributed by atoms with E-state index in [1.165, 1.54) is 12.5 Å². The number of pyridine rings is 2. The smallest absolute Gasteiger partial charge is 0.261 e. The van der Waals surface area contributed by atoms with E-state index in [1.807, 2.05) is 49.4 Å². The van der Waals surface area contributed by atoms with Crippen molar-refractivity contribution in [3.05, 3.63) is 65.6 Å². The summed E-state index contributed by atoms with van der Waals surface area (Å²) in [7, 11) is -7.24. The molecule has 0 saturated carbocycles. The molecule has 30 heavy (non-hydrogen) atoms. The molecule has 160 valence electrons. The summed E-state index contributed by atoms with van der Waals surface area (Å²) in [4.78, 5) is 8.78. The molecule has 0 aliphatic rings. The number of aromatic nitrogens is 2. The molecule has 0 radical (unpaired) electrons. The van der Waals surface area contributed by atoms with E-state index >= 15 is 0 Å². The lowest BCUT2D eigenvalue weighted by atomic mass is 10.0. The van der Waals surface area contributed by atoms with Crippen molar-refractivity contribution < 1.29 is 21.4 Å². The van der Waals surface area contributed by atoms with E-state index in [9.17, 15) is 16.8 Å². The molecule has 0 saturated heterocycles. The first-order chi connectivity index (χ1) is 13.9. The Hall–Kier alpha value is -2.33. The Morgan fingerprint density at radius 3 is 1.97 bits per heavy atom. The molecular formula is C20H21ClN2O5S2. The predicted octanol–water partition coefficient (Wildman–Crippen LogP) is 3.93. The van der Waals surface area contributed by atoms with Crippen molar-refractivity contribution in [1.29, 1.82) is 0 Å². The van der Waals surface area contributed by atoms with Gasteiger partial charge in [-0.3, -0.25) is 14.5 Å². The minimum atomic E-state index is -3.67. The van der Waals surface area contributed by atoms with Crippen molar-refractivity contribution in [2.45, 2.75) is 18.2 Å². The second-order valence-electron chi connectivity index (χ2n) is 6.42. The van der Waals surface area contributed by atoms with Crippen LogP contribution in [-0.4, -0.2) is 43.9 Å². The Kier molecular flexibility index (Phi) is 7.70. The summed E-state index contributed by atoms with van der Waals surface area (Å²) in [6.45, 7) is 2.01. The molecule has 0 aliphatic heterocycles. The summed E-state index contributed by atoms with van der Waals surface area (Å²) in [5.41, 5.74) is 3.14. The minimum absolute atomic E-state index is 0.122. The van der Waals surface area contributed by atoms with Gasteiger partial charge < -0.3 is 0 Å². The van der Waals surface area contributed by atoms with Gasteiger partial charge >= 0.3 is 0 Å². The van der Waals surface area contributed by atoms with Gasteiger partial charge in [0.15, 0.2) is 9.84 Å². The van der Waals surface area contributed by atoms with E-state index in [0.717, 1.165) is 17.7 Å². The molecule has 1 N–H and O–H groups in total. The fourth-order valence-electron chi connectivity index (χ4n) is 2.69. The number of rotatable bonds is 4. The highest BCUT2D eigenvalue weighted by Crippen LogP contribution is 2.38. The van der Waals surface area contributed by atoms with Crippen molar-refractivity contribution >= 4 is 31.6 Å². The van der Waals surface area contributed by atoms with E-state index in [4.69, 9.17) is 16.2 Å². The first-order valence-electron chi connectivity index (χ1n) is 8.73. The second-order valence-corrected chi connectivity index (χ2v) is 10.2. The summed E-state index contributed by atoms with van der Waals surface area (Å²) in [5, 5.41) is 0.300. The fraction of sp³-hybridized carbons (Fsp3) is 0.200. The molecule has 0 unspecified atom stereocenters. The Labute approximate surface area is 181 Å². The summed E-state index contributed by atoms with van der Waals surface area (Å²) in [6, 6.07) is 12.9. The normalized spacial score (nSPS) is 11.5. The third-order valence-electron chi connectivity index (χ3n) is 3.88. The molecule has 1 aromatic carbocycles. The molecule has 0 aliphatic carbocycles. The number of hydrogen-bond acceptors (Lipinski definition) is 6. The first kappa shape index (κ1) is 23.9. The van der Waals surface area contributed by atoms with Crippen LogP contribution in [-0.2, 0) is 26.4 Å². The van der Waals surface area contributed by atoms with Gasteiger partial charge in [0.25, 0.3) is 10.1 Å². The summed E-state index contributed by atoms with van der Waals surface area (Å²) in [5.74, 6) is 0. The molecular weight excluding hydrogens is 448 g/mol. The summed E-state index contributed by atoms with van der Waals surface area (Å²) >= 11 is 6.33. The maximum Gasteiger partial charge on any atom is 0.261 e. The molecule has 0 spiro atoms. The highest BCUT2D eigenvalue weighted by atomic mass is 35.5. The van der Waals surface area contributed by atoms with Crippen molar-refractivity contribution in [2.75, 3.05) is 12.5 Å². The first-order valence-corrected chi connectivity index (χ1v) is 12.8. The molecule has 2 heterocycles. The van der Waals surface area contributed by atoms with Crippen LogP contribution in [0, 0.1) is 0 Å². The minimum Gasteiger partial charge on any atom is -0.286 e. The van der Waals surface area contributed by atoms with E-state index < -0.39 is 20.0 Å². The van der Waals surface area contributed by atoms with Crippen LogP contribution in [0.25, 0.3) is 22.4 Å². The van der Waals surface area contributed by atoms with Gasteiger partial charge in [0.2, 0.25) is 0 Å². The lowest BCUT2D eigenvalue weighted by Crippen LogP contribution is -2.06. The number of hydrogen-bond donors (Lipinski definition) is 1. The zero-order valence-corrected chi connectivity index (χ0v) is 19.0. The molecule has 0 amide bonds. The highest BCUT2D eigenvalue weighted by Gasteiger charge is 2.24. The highest BCUT2D eigenvalue weighted by molar-refractivity contribution is 7.91. The molecule has 0 atom stereocenters. The quantitative estimate of drug-likeness (QED) is 0.576. The molecule has 0 fully saturated rings. The molecule has 3 rings (SSSR count). The third-order valence-corrected chi connectivity index (χ3v) is 5.31. The van der Waals surface area contributed by atoms with Gasteiger partial charge in [0.1, 0.15) is 4.90 Å². The Morgan fingerprint density at radius 2 is 1.50 bits per heavy atom. The standard InChI is InChI=1S/C19H17ClN2O2S.CH4O3S/c1-3-15-10-9-14(11-21-15)18-19(25(2,23)24)17(16(20)12-22-18)13-7-5-4-6-8-13;1-5(2,3)4/h4-12H,3H2,1-2H3;1H3,(H,2,3,4). The second kappa shape index (κ2) is 9.65. The van der Waals surface area contributed by atoms with Crippen LogP contribution >= 0.6 is 11.6 Å². The van der Waals surface area contributed by atoms with Crippen LogP contribution in [0.2, 0.25) is 5.02 Å². The maximum absolute atomic E-state index is 12.6. The van der Waals surface area contributed by atoms with E-state index in [0.29, 0.717) is 28.1 Å². The number of halogens is 1. The predicted molar refractivity (Wildman–Crippen MR) is 118 cm³/mol. The fourth-order valence-corrected chi connectivity index (χ4v) is 4.11. The maximum atomic E-state index is 12.6. The molecule has 10 heteroatoms. The van der Waals surface area contributed by atoms with Gasteiger partial charge in [-0.2, -0.15) is 8.42 Å². The van der Waals surface area contributed by atoms with Gasteiger partial charge in [0, 0.05) is 35.5 Å². The Morgan fingerprint density at radius 1 is 0.900 bits per heavy atom. The zero-order chi connectivity index (χ0) is 22.5. The SMILES string of the molecule is CCc1ccc(-c2ncc(Cl)c(-c3ccccc3)c2S(C)(=O)=O)cn1.CS(=O)(=O)O. The van der Waals surface area contributed by atoms with Gasteiger partial charge in [-0.15, -0.1) is 0 Å². The monoisotopic (exact) mass is 468 g/mol. The van der Waals surface area contributed by atoms with Crippen molar-refractivity contribution in [3.63, 3.8) is 0 Å². The average Bonchev–Trinajstić information content (AvgIpc) is 2.66. The van der Waals surface area contributed by atoms with Gasteiger partial charge in [-0.1, -0.05) is 48.9 Å². The van der Waals surface area contributed by atoms with Crippen LogP contribution in [0.15, 0.2) is 59.8 Å². The number of nitrogens with zero attached hydrogens (tertiary/aromatic N) is 2. The van der Waals surface area contributed by atoms with Crippen molar-refractivity contribution in [3.8, 4) is 22.4 Å². The lowest BCUT2D eigenvalue weighted by molar-refractivity contribution is 0.490. The van der Waals surface area contributed by atoms with Gasteiger partial charge in [0.05, 0.1) is 17.0 Å². The van der Waals surface area contributed by atoms with Crippen LogP contribution < -0.4 is 0 Å². The topological polar surface area (TPSA) is 114 Å². The van der Waals surface area contributed by atoms with E-state index in [2.05, 4.69) is 9.97 Å². The number of aryl methyl sites for hydroxylation is 1. The molecule has 0 bridgehead atoms. The largest absolute Gasteiger partial charge is 0.286 e. The molecule has 2 aromatic heterocycles. The Bertz CT molecular complexity index is 1220. The number of sulfone groups is 1. The van der Waals surface area contributed by atoms with Gasteiger partial charge in [-0.05, 0) is 24.1 Å². The van der Waals surface area contributed by atoms with Crippen LogP contribution in [0.3, 0.4) is 0 Å². The van der Waals surface area contributed by atoms with Gasteiger partial charge in [-0.25, -0.2) is 8.42 Å². The summed E-state index contributed by atoms with van der Waals surface area (Å²) < 4.78 is 51.0. The third kappa shape index (κ3) is 6.60. The van der Waals surface area contributed by atoms with Crippen LogP contribution in [0.1, 0.15) is 12.6 Å². The lowest BCUT2D eigenvalue weighted by Gasteiger charge is -2.15. The van der Waals surface area contributed by atoms with Crippen molar-refractivity contribution in [2.24, 2.45) is 0 Å². The Balaban J connectivity index is 0.000000575. The summed E-state index contributed by atoms with van der Waals surface area (Å²) in [6.07, 6.45) is 5.83. The number of benzene rings is 1. The van der Waals surface area contributed by atoms with E-state index in [1.54, 1.807) is 6.20 Å². The van der Waals surface area contributed by atoms with E-state index in [-0.39, 0.29) is 4.90 Å². The van der Waals surface area contributed by atoms with Crippen molar-refractivity contribution in [1.82, 2.24) is 9.97 Å². The van der Waals surface area contributed by atoms with Crippen LogP contribution in [0.4, 0.5) is 0 Å².